The van der Waals surface area contributed by atoms with Gasteiger partial charge in [-0.15, -0.1) is 10.2 Å². The van der Waals surface area contributed by atoms with Crippen LogP contribution >= 0.6 is 11.8 Å². The van der Waals surface area contributed by atoms with Crippen LogP contribution in [0.5, 0.6) is 0 Å². The van der Waals surface area contributed by atoms with E-state index >= 15 is 0 Å². The molecule has 1 heterocycles. The van der Waals surface area contributed by atoms with Gasteiger partial charge in [0.1, 0.15) is 0 Å². The monoisotopic (exact) mass is 401 g/mol. The number of hydrogen-bond donors (Lipinski definition) is 2. The van der Waals surface area contributed by atoms with Crippen molar-refractivity contribution in [1.82, 2.24) is 14.9 Å². The van der Waals surface area contributed by atoms with Crippen LogP contribution in [-0.4, -0.2) is 26.0 Å². The predicted molar refractivity (Wildman–Crippen MR) is 115 cm³/mol. The zero-order valence-corrected chi connectivity index (χ0v) is 17.9. The van der Waals surface area contributed by atoms with E-state index in [1.165, 1.54) is 31.0 Å². The molecule has 2 aromatic rings. The molecule has 1 aliphatic rings. The number of amides is 1. The molecule has 0 radical (unpaired) electrons. The molecular weight excluding hydrogens is 370 g/mol. The Labute approximate surface area is 171 Å². The molecule has 1 fully saturated rings. The molecule has 6 nitrogen and oxygen atoms in total. The molecule has 3 rings (SSSR count). The van der Waals surface area contributed by atoms with Gasteiger partial charge in [0.25, 0.3) is 0 Å². The Kier molecular flexibility index (Phi) is 6.99. The first-order valence-corrected chi connectivity index (χ1v) is 11.2. The second-order valence-electron chi connectivity index (χ2n) is 7.45. The van der Waals surface area contributed by atoms with Gasteiger partial charge in [-0.05, 0) is 43.7 Å². The van der Waals surface area contributed by atoms with Gasteiger partial charge in [0, 0.05) is 11.6 Å². The lowest BCUT2D eigenvalue weighted by Gasteiger charge is -2.20. The summed E-state index contributed by atoms with van der Waals surface area (Å²) in [6.07, 6.45) is 7.71. The van der Waals surface area contributed by atoms with E-state index in [4.69, 9.17) is 5.84 Å². The van der Waals surface area contributed by atoms with Gasteiger partial charge < -0.3 is 11.2 Å². The van der Waals surface area contributed by atoms with Crippen molar-refractivity contribution < 1.29 is 4.79 Å². The maximum atomic E-state index is 12.8. The summed E-state index contributed by atoms with van der Waals surface area (Å²) in [5.41, 5.74) is 3.26. The number of aryl methyl sites for hydroxylation is 2. The lowest BCUT2D eigenvalue weighted by molar-refractivity contribution is -0.115. The normalized spacial score (nSPS) is 16.1. The number of para-hydroxylation sites is 1. The zero-order chi connectivity index (χ0) is 20.1. The van der Waals surface area contributed by atoms with Gasteiger partial charge in [-0.2, -0.15) is 0 Å². The number of hydrogen-bond acceptors (Lipinski definition) is 5. The molecule has 1 saturated carbocycles. The highest BCUT2D eigenvalue weighted by Gasteiger charge is 2.25. The van der Waals surface area contributed by atoms with Crippen LogP contribution < -0.4 is 11.2 Å². The summed E-state index contributed by atoms with van der Waals surface area (Å²) in [5, 5.41) is 12.0. The molecule has 0 bridgehead atoms. The fourth-order valence-electron chi connectivity index (χ4n) is 3.85. The molecular formula is C21H31N5OS. The minimum absolute atomic E-state index is 0.0391. The Morgan fingerprint density at radius 3 is 2.46 bits per heavy atom. The SMILES string of the molecule is CCc1cccc(CC)c1NC(=O)[C@H](C)Sc1nnc(C2CCCCC2)n1N. The average Bonchev–Trinajstić information content (AvgIpc) is 3.08. The summed E-state index contributed by atoms with van der Waals surface area (Å²) in [4.78, 5) is 12.8. The second-order valence-corrected chi connectivity index (χ2v) is 8.76. The first kappa shape index (κ1) is 20.7. The van der Waals surface area contributed by atoms with Gasteiger partial charge in [0.05, 0.1) is 5.25 Å². The van der Waals surface area contributed by atoms with E-state index in [-0.39, 0.29) is 11.2 Å². The van der Waals surface area contributed by atoms with Crippen molar-refractivity contribution in [3.63, 3.8) is 0 Å². The van der Waals surface area contributed by atoms with Crippen LogP contribution in [0, 0.1) is 0 Å². The molecule has 1 aromatic heterocycles. The summed E-state index contributed by atoms with van der Waals surface area (Å²) in [6, 6.07) is 6.19. The first-order chi connectivity index (χ1) is 13.5. The molecule has 0 unspecified atom stereocenters. The molecule has 1 atom stereocenters. The van der Waals surface area contributed by atoms with Crippen molar-refractivity contribution in [1.29, 1.82) is 0 Å². The quantitative estimate of drug-likeness (QED) is 0.534. The molecule has 3 N–H and O–H groups in total. The molecule has 1 aliphatic carbocycles. The lowest BCUT2D eigenvalue weighted by atomic mass is 9.89. The van der Waals surface area contributed by atoms with Crippen LogP contribution in [0.25, 0.3) is 0 Å². The van der Waals surface area contributed by atoms with E-state index in [0.717, 1.165) is 48.3 Å². The maximum absolute atomic E-state index is 12.8. The largest absolute Gasteiger partial charge is 0.336 e. The number of thioether (sulfide) groups is 1. The van der Waals surface area contributed by atoms with E-state index in [2.05, 4.69) is 47.6 Å². The number of nitrogens with zero attached hydrogens (tertiary/aromatic N) is 3. The van der Waals surface area contributed by atoms with Crippen LogP contribution in [0.2, 0.25) is 0 Å². The van der Waals surface area contributed by atoms with Crippen LogP contribution in [0.3, 0.4) is 0 Å². The first-order valence-electron chi connectivity index (χ1n) is 10.3. The number of nitrogens with one attached hydrogen (secondary N) is 1. The predicted octanol–water partition coefficient (Wildman–Crippen LogP) is 4.28. The fraction of sp³-hybridized carbons (Fsp3) is 0.571. The minimum Gasteiger partial charge on any atom is -0.336 e. The van der Waals surface area contributed by atoms with E-state index in [0.29, 0.717) is 11.1 Å². The number of aromatic nitrogens is 3. The van der Waals surface area contributed by atoms with Crippen LogP contribution in [-0.2, 0) is 17.6 Å². The number of nitrogen functional groups attached to an aromatic ring is 1. The molecule has 1 aromatic carbocycles. The molecule has 0 saturated heterocycles. The standard InChI is InChI=1S/C21H31N5OS/c1-4-15-12-9-13-16(5-2)18(15)23-20(27)14(3)28-21-25-24-19(26(21)22)17-10-7-6-8-11-17/h9,12-14,17H,4-8,10-11,22H2,1-3H3,(H,23,27)/t14-/m0/s1. The highest BCUT2D eigenvalue weighted by molar-refractivity contribution is 8.00. The van der Waals surface area contributed by atoms with Gasteiger partial charge in [0.2, 0.25) is 11.1 Å². The highest BCUT2D eigenvalue weighted by atomic mass is 32.2. The smallest absolute Gasteiger partial charge is 0.237 e. The fourth-order valence-corrected chi connectivity index (χ4v) is 4.62. The summed E-state index contributed by atoms with van der Waals surface area (Å²) in [5.74, 6) is 7.46. The average molecular weight is 402 g/mol. The van der Waals surface area contributed by atoms with Crippen molar-refractivity contribution in [3.05, 3.63) is 35.2 Å². The highest BCUT2D eigenvalue weighted by Crippen LogP contribution is 2.33. The van der Waals surface area contributed by atoms with E-state index in [9.17, 15) is 4.79 Å². The van der Waals surface area contributed by atoms with Crippen LogP contribution in [0.1, 0.15) is 75.7 Å². The number of benzene rings is 1. The third-order valence-corrected chi connectivity index (χ3v) is 6.62. The molecule has 28 heavy (non-hydrogen) atoms. The molecule has 152 valence electrons. The third-order valence-electron chi connectivity index (χ3n) is 5.56. The second kappa shape index (κ2) is 9.45. The number of rotatable bonds is 7. The summed E-state index contributed by atoms with van der Waals surface area (Å²) in [6.45, 7) is 6.09. The van der Waals surface area contributed by atoms with Crippen molar-refractivity contribution in [2.24, 2.45) is 0 Å². The van der Waals surface area contributed by atoms with Gasteiger partial charge >= 0.3 is 0 Å². The molecule has 7 heteroatoms. The summed E-state index contributed by atoms with van der Waals surface area (Å²) < 4.78 is 1.59. The van der Waals surface area contributed by atoms with Gasteiger partial charge in [-0.1, -0.05) is 63.1 Å². The Hall–Kier alpha value is -2.02. The number of carbonyl (C=O) groups excluding carboxylic acids is 1. The Morgan fingerprint density at radius 2 is 1.86 bits per heavy atom. The number of carbonyl (C=O) groups is 1. The van der Waals surface area contributed by atoms with Crippen molar-refractivity contribution in [2.75, 3.05) is 11.2 Å². The van der Waals surface area contributed by atoms with Crippen LogP contribution in [0.4, 0.5) is 5.69 Å². The summed E-state index contributed by atoms with van der Waals surface area (Å²) in [7, 11) is 0. The van der Waals surface area contributed by atoms with E-state index in [1.807, 2.05) is 6.92 Å². The van der Waals surface area contributed by atoms with Crippen molar-refractivity contribution in [2.45, 2.75) is 82.0 Å². The van der Waals surface area contributed by atoms with Gasteiger partial charge in [-0.25, -0.2) is 4.68 Å². The summed E-state index contributed by atoms with van der Waals surface area (Å²) >= 11 is 1.36. The van der Waals surface area contributed by atoms with Crippen LogP contribution in [0.15, 0.2) is 23.4 Å². The molecule has 0 aliphatic heterocycles. The maximum Gasteiger partial charge on any atom is 0.237 e. The Morgan fingerprint density at radius 1 is 1.21 bits per heavy atom. The third kappa shape index (κ3) is 4.51. The number of nitrogens with two attached hydrogens (primary N) is 1. The van der Waals surface area contributed by atoms with Crippen molar-refractivity contribution in [3.8, 4) is 0 Å². The zero-order valence-electron chi connectivity index (χ0n) is 17.1. The lowest BCUT2D eigenvalue weighted by Crippen LogP contribution is -2.25. The van der Waals surface area contributed by atoms with E-state index < -0.39 is 0 Å². The topological polar surface area (TPSA) is 85.8 Å². The van der Waals surface area contributed by atoms with E-state index in [1.54, 1.807) is 4.68 Å². The van der Waals surface area contributed by atoms with Gasteiger partial charge in [-0.3, -0.25) is 4.79 Å². The minimum atomic E-state index is -0.319. The Balaban J connectivity index is 1.69. The van der Waals surface area contributed by atoms with Crippen molar-refractivity contribution >= 4 is 23.4 Å². The van der Waals surface area contributed by atoms with Gasteiger partial charge in [0.15, 0.2) is 5.82 Å². The molecule has 1 amide bonds. The number of anilines is 1. The molecule has 0 spiro atoms. The Bertz CT molecular complexity index is 791.